The summed E-state index contributed by atoms with van der Waals surface area (Å²) < 4.78 is 2.25. The Kier molecular flexibility index (Phi) is 5.85. The van der Waals surface area contributed by atoms with E-state index < -0.39 is 5.25 Å². The van der Waals surface area contributed by atoms with Crippen molar-refractivity contribution in [3.8, 4) is 11.4 Å². The quantitative estimate of drug-likeness (QED) is 0.448. The zero-order valence-corrected chi connectivity index (χ0v) is 16.8. The van der Waals surface area contributed by atoms with E-state index in [9.17, 15) is 4.79 Å². The van der Waals surface area contributed by atoms with Gasteiger partial charge in [-0.3, -0.25) is 4.79 Å². The zero-order valence-electron chi connectivity index (χ0n) is 13.7. The fraction of sp³-hybridized carbons (Fsp3) is 0.118. The van der Waals surface area contributed by atoms with Crippen LogP contribution in [0, 0.1) is 0 Å². The molecule has 134 valence electrons. The summed E-state index contributed by atoms with van der Waals surface area (Å²) in [5, 5.41) is 11.7. The van der Waals surface area contributed by atoms with E-state index in [1.54, 1.807) is 31.2 Å². The molecule has 0 saturated heterocycles. The third-order valence-electron chi connectivity index (χ3n) is 3.52. The van der Waals surface area contributed by atoms with Gasteiger partial charge in [-0.25, -0.2) is 4.68 Å². The summed E-state index contributed by atoms with van der Waals surface area (Å²) in [4.78, 5) is 12.4. The maximum atomic E-state index is 12.4. The predicted octanol–water partition coefficient (Wildman–Crippen LogP) is 4.19. The first kappa shape index (κ1) is 18.8. The molecule has 3 rings (SSSR count). The number of aromatic nitrogens is 3. The summed E-state index contributed by atoms with van der Waals surface area (Å²) in [6.45, 7) is 1.78. The summed E-state index contributed by atoms with van der Waals surface area (Å²) in [7, 11) is 0. The van der Waals surface area contributed by atoms with Crippen LogP contribution in [0.4, 0.5) is 5.69 Å². The van der Waals surface area contributed by atoms with Crippen molar-refractivity contribution in [3.63, 3.8) is 0 Å². The van der Waals surface area contributed by atoms with Crippen LogP contribution in [0.15, 0.2) is 58.2 Å². The standard InChI is InChI=1S/C17H15BrClN5OS/c1-10(16(25)21-12-6-4-5-11(19)9-12)26-17-23-22-15(24(17)20)13-7-2-3-8-14(13)18/h2-10H,20H2,1H3,(H,21,25). The normalized spacial score (nSPS) is 12.0. The van der Waals surface area contributed by atoms with Gasteiger partial charge in [-0.2, -0.15) is 0 Å². The van der Waals surface area contributed by atoms with Gasteiger partial charge in [0.2, 0.25) is 11.1 Å². The average Bonchev–Trinajstić information content (AvgIpc) is 2.96. The fourth-order valence-electron chi connectivity index (χ4n) is 2.21. The van der Waals surface area contributed by atoms with Gasteiger partial charge in [0.1, 0.15) is 0 Å². The molecule has 1 amide bonds. The minimum Gasteiger partial charge on any atom is -0.335 e. The Bertz CT molecular complexity index is 948. The van der Waals surface area contributed by atoms with Crippen molar-refractivity contribution in [2.75, 3.05) is 11.2 Å². The van der Waals surface area contributed by atoms with Gasteiger partial charge in [0.25, 0.3) is 0 Å². The Hall–Kier alpha value is -2.03. The largest absolute Gasteiger partial charge is 0.335 e. The van der Waals surface area contributed by atoms with Crippen LogP contribution in [0.3, 0.4) is 0 Å². The molecule has 1 atom stereocenters. The molecule has 2 aromatic carbocycles. The van der Waals surface area contributed by atoms with Gasteiger partial charge >= 0.3 is 0 Å². The van der Waals surface area contributed by atoms with E-state index in [-0.39, 0.29) is 5.91 Å². The Balaban J connectivity index is 1.73. The van der Waals surface area contributed by atoms with Crippen LogP contribution in [0.2, 0.25) is 5.02 Å². The van der Waals surface area contributed by atoms with Gasteiger partial charge in [0.05, 0.1) is 5.25 Å². The van der Waals surface area contributed by atoms with Crippen LogP contribution >= 0.6 is 39.3 Å². The van der Waals surface area contributed by atoms with Gasteiger partial charge in [0, 0.05) is 20.7 Å². The number of benzene rings is 2. The third kappa shape index (κ3) is 4.20. The number of hydrogen-bond acceptors (Lipinski definition) is 5. The Morgan fingerprint density at radius 1 is 1.27 bits per heavy atom. The summed E-state index contributed by atoms with van der Waals surface area (Å²) in [5.41, 5.74) is 1.46. The number of nitrogens with one attached hydrogen (secondary N) is 1. The number of anilines is 1. The topological polar surface area (TPSA) is 85.8 Å². The van der Waals surface area contributed by atoms with Crippen molar-refractivity contribution in [2.24, 2.45) is 0 Å². The van der Waals surface area contributed by atoms with Crippen molar-refractivity contribution in [1.82, 2.24) is 14.9 Å². The number of carbonyl (C=O) groups excluding carboxylic acids is 1. The molecule has 1 aromatic heterocycles. The molecule has 0 bridgehead atoms. The second-order valence-electron chi connectivity index (χ2n) is 5.42. The summed E-state index contributed by atoms with van der Waals surface area (Å²) in [5.74, 6) is 6.46. The highest BCUT2D eigenvalue weighted by atomic mass is 79.9. The minimum absolute atomic E-state index is 0.178. The molecule has 0 spiro atoms. The molecule has 3 aromatic rings. The van der Waals surface area contributed by atoms with Crippen LogP contribution < -0.4 is 11.2 Å². The van der Waals surface area contributed by atoms with Crippen molar-refractivity contribution in [2.45, 2.75) is 17.3 Å². The molecule has 26 heavy (non-hydrogen) atoms. The van der Waals surface area contributed by atoms with Gasteiger partial charge in [-0.15, -0.1) is 10.2 Å². The molecule has 3 N–H and O–H groups in total. The number of thioether (sulfide) groups is 1. The maximum absolute atomic E-state index is 12.4. The molecular weight excluding hydrogens is 438 g/mol. The van der Waals surface area contributed by atoms with Gasteiger partial charge < -0.3 is 11.2 Å². The van der Waals surface area contributed by atoms with E-state index in [4.69, 9.17) is 17.4 Å². The van der Waals surface area contributed by atoms with E-state index in [0.29, 0.717) is 21.7 Å². The van der Waals surface area contributed by atoms with Gasteiger partial charge in [-0.1, -0.05) is 57.5 Å². The summed E-state index contributed by atoms with van der Waals surface area (Å²) in [6, 6.07) is 14.6. The highest BCUT2D eigenvalue weighted by Gasteiger charge is 2.20. The number of halogens is 2. The van der Waals surface area contributed by atoms with E-state index >= 15 is 0 Å². The van der Waals surface area contributed by atoms with Crippen LogP contribution in [-0.4, -0.2) is 26.0 Å². The number of hydrogen-bond donors (Lipinski definition) is 2. The number of amides is 1. The number of nitrogens with zero attached hydrogens (tertiary/aromatic N) is 3. The molecule has 0 aliphatic rings. The molecule has 0 radical (unpaired) electrons. The van der Waals surface area contributed by atoms with Gasteiger partial charge in [0.15, 0.2) is 5.82 Å². The van der Waals surface area contributed by atoms with Crippen LogP contribution in [0.25, 0.3) is 11.4 Å². The Morgan fingerprint density at radius 3 is 2.77 bits per heavy atom. The number of rotatable bonds is 5. The fourth-order valence-corrected chi connectivity index (χ4v) is 3.63. The second kappa shape index (κ2) is 8.11. The number of nitrogens with two attached hydrogens (primary N) is 1. The lowest BCUT2D eigenvalue weighted by molar-refractivity contribution is -0.115. The van der Waals surface area contributed by atoms with Crippen molar-refractivity contribution in [1.29, 1.82) is 0 Å². The second-order valence-corrected chi connectivity index (χ2v) is 8.01. The molecule has 0 saturated carbocycles. The van der Waals surface area contributed by atoms with E-state index in [0.717, 1.165) is 10.0 Å². The first-order valence-corrected chi connectivity index (χ1v) is 9.69. The average molecular weight is 453 g/mol. The van der Waals surface area contributed by atoms with Crippen LogP contribution in [0.5, 0.6) is 0 Å². The van der Waals surface area contributed by atoms with Crippen molar-refractivity contribution >= 4 is 50.9 Å². The molecule has 0 aliphatic heterocycles. The zero-order chi connectivity index (χ0) is 18.7. The highest BCUT2D eigenvalue weighted by Crippen LogP contribution is 2.29. The van der Waals surface area contributed by atoms with Crippen LogP contribution in [-0.2, 0) is 4.79 Å². The lowest BCUT2D eigenvalue weighted by Crippen LogP contribution is -2.23. The molecule has 1 unspecified atom stereocenters. The number of carbonyl (C=O) groups is 1. The third-order valence-corrected chi connectivity index (χ3v) is 5.51. The lowest BCUT2D eigenvalue weighted by atomic mass is 10.2. The maximum Gasteiger partial charge on any atom is 0.237 e. The SMILES string of the molecule is CC(Sc1nnc(-c2ccccc2Br)n1N)C(=O)Nc1cccc(Cl)c1. The van der Waals surface area contributed by atoms with Gasteiger partial charge in [-0.05, 0) is 37.3 Å². The molecule has 9 heteroatoms. The molecule has 0 aliphatic carbocycles. The molecule has 1 heterocycles. The van der Waals surface area contributed by atoms with E-state index in [2.05, 4.69) is 31.4 Å². The Morgan fingerprint density at radius 2 is 2.04 bits per heavy atom. The first-order chi connectivity index (χ1) is 12.5. The van der Waals surface area contributed by atoms with Crippen molar-refractivity contribution in [3.05, 3.63) is 58.0 Å². The van der Waals surface area contributed by atoms with E-state index in [1.165, 1.54) is 16.4 Å². The predicted molar refractivity (Wildman–Crippen MR) is 109 cm³/mol. The van der Waals surface area contributed by atoms with E-state index in [1.807, 2.05) is 24.3 Å². The smallest absolute Gasteiger partial charge is 0.237 e. The number of nitrogen functional groups attached to an aromatic ring is 1. The molecular formula is C17H15BrClN5OS. The Labute approximate surface area is 168 Å². The highest BCUT2D eigenvalue weighted by molar-refractivity contribution is 9.10. The monoisotopic (exact) mass is 451 g/mol. The summed E-state index contributed by atoms with van der Waals surface area (Å²) >= 11 is 10.6. The molecule has 0 fully saturated rings. The first-order valence-electron chi connectivity index (χ1n) is 7.64. The van der Waals surface area contributed by atoms with Crippen LogP contribution in [0.1, 0.15) is 6.92 Å². The minimum atomic E-state index is -0.424. The lowest BCUT2D eigenvalue weighted by Gasteiger charge is -2.12. The van der Waals surface area contributed by atoms with Crippen molar-refractivity contribution < 1.29 is 4.79 Å². The summed E-state index contributed by atoms with van der Waals surface area (Å²) in [6.07, 6.45) is 0. The molecule has 6 nitrogen and oxygen atoms in total.